The number of carbonyl (C=O) groups excluding carboxylic acids is 1. The number of amides is 2. The summed E-state index contributed by atoms with van der Waals surface area (Å²) in [5.74, 6) is -1.03. The molecule has 0 saturated heterocycles. The van der Waals surface area contributed by atoms with Gasteiger partial charge in [0.1, 0.15) is 0 Å². The minimum Gasteiger partial charge on any atom is -0.481 e. The molecule has 0 saturated carbocycles. The second-order valence-corrected chi connectivity index (χ2v) is 8.48. The van der Waals surface area contributed by atoms with Gasteiger partial charge in [-0.15, -0.1) is 0 Å². The van der Waals surface area contributed by atoms with Crippen LogP contribution in [-0.2, 0) is 31.0 Å². The van der Waals surface area contributed by atoms with Gasteiger partial charge >= 0.3 is 18.2 Å². The van der Waals surface area contributed by atoms with Crippen LogP contribution < -0.4 is 10.6 Å². The molecule has 7 nitrogen and oxygen atoms in total. The molecular weight excluding hydrogens is 437 g/mol. The summed E-state index contributed by atoms with van der Waals surface area (Å²) in [6.45, 7) is 3.02. The van der Waals surface area contributed by atoms with Crippen LogP contribution in [0.1, 0.15) is 37.0 Å². The number of benzene rings is 2. The molecule has 3 N–H and O–H groups in total. The molecule has 3 aromatic rings. The number of nitrogens with one attached hydrogen (secondary N) is 2. The van der Waals surface area contributed by atoms with Crippen molar-refractivity contribution in [3.63, 3.8) is 0 Å². The number of hydrogen-bond donors (Lipinski definition) is 3. The highest BCUT2D eigenvalue weighted by Crippen LogP contribution is 2.32. The molecule has 0 aliphatic heterocycles. The van der Waals surface area contributed by atoms with E-state index in [0.29, 0.717) is 16.8 Å². The van der Waals surface area contributed by atoms with Gasteiger partial charge in [0.25, 0.3) is 0 Å². The number of aliphatic carboxylic acids is 1. The number of carbonyl (C=O) groups is 2. The summed E-state index contributed by atoms with van der Waals surface area (Å²) in [6, 6.07) is 8.12. The Kier molecular flexibility index (Phi) is 6.66. The first-order chi connectivity index (χ1) is 15.4. The third-order valence-electron chi connectivity index (χ3n) is 5.61. The van der Waals surface area contributed by atoms with E-state index < -0.39 is 29.2 Å². The first kappa shape index (κ1) is 24.1. The van der Waals surface area contributed by atoms with Gasteiger partial charge in [0.15, 0.2) is 0 Å². The minimum atomic E-state index is -4.52. The molecule has 0 bridgehead atoms. The van der Waals surface area contributed by atoms with Crippen LogP contribution in [-0.4, -0.2) is 26.9 Å². The second kappa shape index (κ2) is 9.13. The van der Waals surface area contributed by atoms with Gasteiger partial charge in [-0.3, -0.25) is 9.48 Å². The van der Waals surface area contributed by atoms with Gasteiger partial charge in [0.2, 0.25) is 0 Å². The van der Waals surface area contributed by atoms with Gasteiger partial charge in [-0.25, -0.2) is 4.79 Å². The van der Waals surface area contributed by atoms with Crippen LogP contribution in [0.3, 0.4) is 0 Å². The summed E-state index contributed by atoms with van der Waals surface area (Å²) in [6.07, 6.45) is -2.63. The molecule has 0 radical (unpaired) electrons. The van der Waals surface area contributed by atoms with E-state index in [0.717, 1.165) is 23.0 Å². The molecule has 10 heteroatoms. The van der Waals surface area contributed by atoms with Crippen molar-refractivity contribution in [2.45, 2.75) is 39.4 Å². The highest BCUT2D eigenvalue weighted by molar-refractivity contribution is 6.00. The van der Waals surface area contributed by atoms with Crippen molar-refractivity contribution in [1.29, 1.82) is 0 Å². The summed E-state index contributed by atoms with van der Waals surface area (Å²) < 4.78 is 41.3. The number of halogens is 3. The number of fused-ring (bicyclic) bond motifs is 1. The van der Waals surface area contributed by atoms with Crippen LogP contribution in [0.4, 0.5) is 23.7 Å². The molecule has 176 valence electrons. The number of aromatic nitrogens is 2. The van der Waals surface area contributed by atoms with E-state index in [1.807, 2.05) is 6.07 Å². The topological polar surface area (TPSA) is 96.3 Å². The fourth-order valence-electron chi connectivity index (χ4n) is 3.39. The molecule has 2 amide bonds. The van der Waals surface area contributed by atoms with E-state index in [9.17, 15) is 27.9 Å². The molecule has 1 aromatic heterocycles. The Morgan fingerprint density at radius 2 is 1.85 bits per heavy atom. The number of nitrogens with zero attached hydrogens (tertiary/aromatic N) is 2. The summed E-state index contributed by atoms with van der Waals surface area (Å²) in [5, 5.41) is 19.6. The Morgan fingerprint density at radius 3 is 2.52 bits per heavy atom. The molecule has 2 aromatic carbocycles. The van der Waals surface area contributed by atoms with Gasteiger partial charge in [-0.2, -0.15) is 18.3 Å². The van der Waals surface area contributed by atoms with E-state index in [1.165, 1.54) is 19.9 Å². The number of aryl methyl sites for hydroxylation is 2. The first-order valence-corrected chi connectivity index (χ1v) is 10.3. The smallest absolute Gasteiger partial charge is 0.416 e. The molecule has 33 heavy (non-hydrogen) atoms. The average molecular weight is 462 g/mol. The normalized spacial score (nSPS) is 12.1. The molecule has 0 fully saturated rings. The van der Waals surface area contributed by atoms with Crippen LogP contribution in [0.25, 0.3) is 10.9 Å². The molecule has 1 heterocycles. The Labute approximate surface area is 188 Å². The maximum absolute atomic E-state index is 13.2. The zero-order valence-corrected chi connectivity index (χ0v) is 18.5. The first-order valence-electron chi connectivity index (χ1n) is 10.3. The Morgan fingerprint density at radius 1 is 1.12 bits per heavy atom. The lowest BCUT2D eigenvalue weighted by molar-refractivity contribution is -0.147. The summed E-state index contributed by atoms with van der Waals surface area (Å²) in [7, 11) is 1.78. The monoisotopic (exact) mass is 462 g/mol. The van der Waals surface area contributed by atoms with Crippen molar-refractivity contribution in [2.75, 3.05) is 5.32 Å². The number of urea groups is 1. The van der Waals surface area contributed by atoms with E-state index in [2.05, 4.69) is 15.7 Å². The molecular formula is C23H25F3N4O3. The standard InChI is InChI=1S/C23H25F3N4O3/c1-22(2,20(31)32)10-9-14-11-16(23(24,25)26)8-7-15(14)12-27-21(33)29-18-5-4-6-19-17(18)13-28-30(19)3/h4-8,11,13H,9-10,12H2,1-3H3,(H,31,32)(H2,27,29,33). The lowest BCUT2D eigenvalue weighted by atomic mass is 9.85. The van der Waals surface area contributed by atoms with Crippen molar-refractivity contribution in [3.05, 3.63) is 59.3 Å². The second-order valence-electron chi connectivity index (χ2n) is 8.48. The molecule has 0 spiro atoms. The number of anilines is 1. The Bertz CT molecular complexity index is 1190. The third-order valence-corrected chi connectivity index (χ3v) is 5.61. The van der Waals surface area contributed by atoms with Crippen molar-refractivity contribution in [1.82, 2.24) is 15.1 Å². The summed E-state index contributed by atoms with van der Waals surface area (Å²) in [4.78, 5) is 23.9. The summed E-state index contributed by atoms with van der Waals surface area (Å²) >= 11 is 0. The van der Waals surface area contributed by atoms with Crippen molar-refractivity contribution in [3.8, 4) is 0 Å². The molecule has 0 aliphatic carbocycles. The average Bonchev–Trinajstić information content (AvgIpc) is 3.12. The number of hydrogen-bond acceptors (Lipinski definition) is 3. The zero-order valence-electron chi connectivity index (χ0n) is 18.5. The van der Waals surface area contributed by atoms with E-state index in [4.69, 9.17) is 0 Å². The predicted molar refractivity (Wildman–Crippen MR) is 118 cm³/mol. The van der Waals surface area contributed by atoms with E-state index in [1.54, 1.807) is 30.1 Å². The van der Waals surface area contributed by atoms with Gasteiger partial charge in [0, 0.05) is 19.0 Å². The van der Waals surface area contributed by atoms with Gasteiger partial charge < -0.3 is 15.7 Å². The number of carboxylic acid groups (broad SMARTS) is 1. The van der Waals surface area contributed by atoms with Gasteiger partial charge in [-0.1, -0.05) is 12.1 Å². The fourth-order valence-corrected chi connectivity index (χ4v) is 3.39. The van der Waals surface area contributed by atoms with Crippen molar-refractivity contribution in [2.24, 2.45) is 12.5 Å². The zero-order chi connectivity index (χ0) is 24.4. The highest BCUT2D eigenvalue weighted by atomic mass is 19.4. The number of rotatable bonds is 7. The largest absolute Gasteiger partial charge is 0.481 e. The predicted octanol–water partition coefficient (Wildman–Crippen LogP) is 4.96. The quantitative estimate of drug-likeness (QED) is 0.463. The minimum absolute atomic E-state index is 0.0180. The lowest BCUT2D eigenvalue weighted by Crippen LogP contribution is -2.29. The maximum Gasteiger partial charge on any atom is 0.416 e. The number of alkyl halides is 3. The van der Waals surface area contributed by atoms with E-state index >= 15 is 0 Å². The maximum atomic E-state index is 13.2. The fraction of sp³-hybridized carbons (Fsp3) is 0.348. The van der Waals surface area contributed by atoms with Crippen LogP contribution in [0, 0.1) is 5.41 Å². The molecule has 0 aliphatic rings. The highest BCUT2D eigenvalue weighted by Gasteiger charge is 2.32. The Hall–Kier alpha value is -3.56. The summed E-state index contributed by atoms with van der Waals surface area (Å²) in [5.41, 5.74) is 0.293. The van der Waals surface area contributed by atoms with Crippen molar-refractivity contribution >= 4 is 28.6 Å². The van der Waals surface area contributed by atoms with Crippen LogP contribution in [0.15, 0.2) is 42.6 Å². The molecule has 0 atom stereocenters. The van der Waals surface area contributed by atoms with Crippen molar-refractivity contribution < 1.29 is 27.9 Å². The van der Waals surface area contributed by atoms with Gasteiger partial charge in [0.05, 0.1) is 28.4 Å². The lowest BCUT2D eigenvalue weighted by Gasteiger charge is -2.21. The Balaban J connectivity index is 1.75. The van der Waals surface area contributed by atoms with Crippen LogP contribution in [0.2, 0.25) is 0 Å². The SMILES string of the molecule is Cn1ncc2c(NC(=O)NCc3ccc(C(F)(F)F)cc3CCC(C)(C)C(=O)O)cccc21. The van der Waals surface area contributed by atoms with Gasteiger partial charge in [-0.05, 0) is 62.1 Å². The molecule has 0 unspecified atom stereocenters. The third kappa shape index (κ3) is 5.63. The van der Waals surface area contributed by atoms with Crippen LogP contribution >= 0.6 is 0 Å². The molecule has 3 rings (SSSR count). The van der Waals surface area contributed by atoms with E-state index in [-0.39, 0.29) is 19.4 Å². The number of carboxylic acids is 1. The van der Waals surface area contributed by atoms with Crippen LogP contribution in [0.5, 0.6) is 0 Å².